The second-order valence-electron chi connectivity index (χ2n) is 6.31. The summed E-state index contributed by atoms with van der Waals surface area (Å²) in [5.74, 6) is 1.51. The monoisotopic (exact) mass is 324 g/mol. The highest BCUT2D eigenvalue weighted by Gasteiger charge is 2.31. The average Bonchev–Trinajstić information content (AvgIpc) is 3.11. The van der Waals surface area contributed by atoms with E-state index in [4.69, 9.17) is 9.72 Å². The highest BCUT2D eigenvalue weighted by molar-refractivity contribution is 5.95. The Morgan fingerprint density at radius 3 is 2.83 bits per heavy atom. The molecule has 0 aromatic carbocycles. The summed E-state index contributed by atoms with van der Waals surface area (Å²) in [5, 5.41) is 0. The van der Waals surface area contributed by atoms with Gasteiger partial charge in [0.1, 0.15) is 5.82 Å². The number of aryl methyl sites for hydroxylation is 1. The number of ether oxygens (including phenoxy) is 1. The van der Waals surface area contributed by atoms with Crippen LogP contribution in [0, 0.1) is 6.92 Å². The van der Waals surface area contributed by atoms with Gasteiger partial charge in [0.25, 0.3) is 0 Å². The van der Waals surface area contributed by atoms with Crippen molar-refractivity contribution in [2.24, 2.45) is 0 Å². The van der Waals surface area contributed by atoms with Crippen LogP contribution in [0.25, 0.3) is 11.4 Å². The number of hydrogen-bond donors (Lipinski definition) is 0. The van der Waals surface area contributed by atoms with Gasteiger partial charge in [-0.05, 0) is 38.3 Å². The zero-order chi connectivity index (χ0) is 16.5. The van der Waals surface area contributed by atoms with Crippen LogP contribution in [0.5, 0.6) is 0 Å². The smallest absolute Gasteiger partial charge is 0.228 e. The molecule has 0 saturated carbocycles. The predicted molar refractivity (Wildman–Crippen MR) is 89.6 cm³/mol. The largest absolute Gasteiger partial charge is 0.376 e. The van der Waals surface area contributed by atoms with E-state index < -0.39 is 0 Å². The number of carbonyl (C=O) groups excluding carboxylic acids is 1. The highest BCUT2D eigenvalue weighted by Crippen LogP contribution is 2.31. The maximum Gasteiger partial charge on any atom is 0.228 e. The minimum absolute atomic E-state index is 0.111. The van der Waals surface area contributed by atoms with Crippen LogP contribution in [-0.2, 0) is 16.0 Å². The Hall–Kier alpha value is -2.34. The summed E-state index contributed by atoms with van der Waals surface area (Å²) in [6.07, 6.45) is 6.84. The van der Waals surface area contributed by atoms with Gasteiger partial charge in [0.15, 0.2) is 5.82 Å². The molecule has 0 radical (unpaired) electrons. The first-order valence-corrected chi connectivity index (χ1v) is 8.42. The number of aromatic nitrogens is 3. The minimum atomic E-state index is 0.111. The summed E-state index contributed by atoms with van der Waals surface area (Å²) in [6.45, 7) is 3.36. The molecule has 124 valence electrons. The zero-order valence-electron chi connectivity index (χ0n) is 13.7. The third kappa shape index (κ3) is 2.78. The third-order valence-electron chi connectivity index (χ3n) is 4.69. The molecule has 1 fully saturated rings. The molecule has 0 N–H and O–H groups in total. The Morgan fingerprint density at radius 2 is 2.08 bits per heavy atom. The molecule has 6 nitrogen and oxygen atoms in total. The van der Waals surface area contributed by atoms with Gasteiger partial charge in [0.05, 0.1) is 12.6 Å². The van der Waals surface area contributed by atoms with E-state index in [9.17, 15) is 4.79 Å². The molecule has 2 aliphatic heterocycles. The van der Waals surface area contributed by atoms with Crippen molar-refractivity contribution in [2.75, 3.05) is 18.1 Å². The second kappa shape index (κ2) is 6.28. The fourth-order valence-corrected chi connectivity index (χ4v) is 3.39. The number of nitrogens with zero attached hydrogens (tertiary/aromatic N) is 4. The lowest BCUT2D eigenvalue weighted by molar-refractivity contribution is -0.119. The minimum Gasteiger partial charge on any atom is -0.376 e. The quantitative estimate of drug-likeness (QED) is 0.866. The molecule has 0 spiro atoms. The van der Waals surface area contributed by atoms with Gasteiger partial charge < -0.3 is 4.74 Å². The summed E-state index contributed by atoms with van der Waals surface area (Å²) in [5.41, 5.74) is 2.92. The number of hydrogen-bond acceptors (Lipinski definition) is 5. The van der Waals surface area contributed by atoms with Gasteiger partial charge in [0.2, 0.25) is 5.91 Å². The molecule has 4 heterocycles. The van der Waals surface area contributed by atoms with Gasteiger partial charge >= 0.3 is 0 Å². The van der Waals surface area contributed by atoms with Crippen molar-refractivity contribution < 1.29 is 9.53 Å². The van der Waals surface area contributed by atoms with Crippen LogP contribution in [0.1, 0.15) is 30.5 Å². The van der Waals surface area contributed by atoms with E-state index in [1.807, 2.05) is 19.1 Å². The van der Waals surface area contributed by atoms with Gasteiger partial charge in [-0.2, -0.15) is 0 Å². The molecular formula is C18H20N4O2. The number of anilines is 1. The zero-order valence-corrected chi connectivity index (χ0v) is 13.7. The van der Waals surface area contributed by atoms with E-state index in [1.165, 1.54) is 0 Å². The summed E-state index contributed by atoms with van der Waals surface area (Å²) in [4.78, 5) is 27.7. The van der Waals surface area contributed by atoms with E-state index in [0.29, 0.717) is 25.2 Å². The van der Waals surface area contributed by atoms with E-state index in [-0.39, 0.29) is 12.0 Å². The first kappa shape index (κ1) is 15.2. The van der Waals surface area contributed by atoms with Crippen LogP contribution in [0.15, 0.2) is 24.5 Å². The third-order valence-corrected chi connectivity index (χ3v) is 4.69. The van der Waals surface area contributed by atoms with Crippen LogP contribution in [-0.4, -0.2) is 40.1 Å². The van der Waals surface area contributed by atoms with Crippen molar-refractivity contribution in [1.82, 2.24) is 15.0 Å². The fraction of sp³-hybridized carbons (Fsp3) is 0.444. The maximum atomic E-state index is 12.5. The van der Waals surface area contributed by atoms with E-state index in [2.05, 4.69) is 9.97 Å². The maximum absolute atomic E-state index is 12.5. The Labute approximate surface area is 140 Å². The lowest BCUT2D eigenvalue weighted by atomic mass is 10.0. The van der Waals surface area contributed by atoms with Crippen molar-refractivity contribution in [3.05, 3.63) is 35.8 Å². The molecular weight excluding hydrogens is 304 g/mol. The van der Waals surface area contributed by atoms with Crippen molar-refractivity contribution in [2.45, 2.75) is 38.7 Å². The second-order valence-corrected chi connectivity index (χ2v) is 6.31. The van der Waals surface area contributed by atoms with Crippen LogP contribution < -0.4 is 4.90 Å². The molecule has 1 saturated heterocycles. The SMILES string of the molecule is Cc1nc(-c2ccncc2)nc2c1CCC(=O)N2CC1CCCO1. The molecule has 0 bridgehead atoms. The Kier molecular flexibility index (Phi) is 3.98. The summed E-state index contributed by atoms with van der Waals surface area (Å²) in [6, 6.07) is 3.77. The normalized spacial score (nSPS) is 20.3. The first-order valence-electron chi connectivity index (χ1n) is 8.42. The van der Waals surface area contributed by atoms with E-state index in [1.54, 1.807) is 17.3 Å². The Balaban J connectivity index is 1.74. The number of carbonyl (C=O) groups is 1. The summed E-state index contributed by atoms with van der Waals surface area (Å²) < 4.78 is 5.72. The van der Waals surface area contributed by atoms with E-state index >= 15 is 0 Å². The van der Waals surface area contributed by atoms with Gasteiger partial charge in [-0.3, -0.25) is 14.7 Å². The van der Waals surface area contributed by atoms with Gasteiger partial charge in [-0.25, -0.2) is 9.97 Å². The fourth-order valence-electron chi connectivity index (χ4n) is 3.39. The molecule has 2 aliphatic rings. The standard InChI is InChI=1S/C18H20N4O2/c1-12-15-4-5-16(23)22(11-14-3-2-10-24-14)18(15)21-17(20-12)13-6-8-19-9-7-13/h6-9,14H,2-5,10-11H2,1H3. The van der Waals surface area contributed by atoms with Crippen molar-refractivity contribution >= 4 is 11.7 Å². The molecule has 2 aromatic heterocycles. The topological polar surface area (TPSA) is 68.2 Å². The molecule has 1 amide bonds. The molecule has 0 aliphatic carbocycles. The Morgan fingerprint density at radius 1 is 1.25 bits per heavy atom. The lowest BCUT2D eigenvalue weighted by Crippen LogP contribution is -2.41. The predicted octanol–water partition coefficient (Wildman–Crippen LogP) is 2.31. The molecule has 1 unspecified atom stereocenters. The number of pyridine rings is 1. The first-order chi connectivity index (χ1) is 11.7. The number of fused-ring (bicyclic) bond motifs is 1. The molecule has 4 rings (SSSR count). The Bertz CT molecular complexity index is 757. The van der Waals surface area contributed by atoms with Gasteiger partial charge in [-0.1, -0.05) is 0 Å². The van der Waals surface area contributed by atoms with Gasteiger partial charge in [0, 0.05) is 42.2 Å². The van der Waals surface area contributed by atoms with Crippen LogP contribution >= 0.6 is 0 Å². The van der Waals surface area contributed by atoms with E-state index in [0.717, 1.165) is 42.1 Å². The average molecular weight is 324 g/mol. The summed E-state index contributed by atoms with van der Waals surface area (Å²) >= 11 is 0. The molecule has 24 heavy (non-hydrogen) atoms. The number of rotatable bonds is 3. The highest BCUT2D eigenvalue weighted by atomic mass is 16.5. The molecule has 6 heteroatoms. The van der Waals surface area contributed by atoms with Crippen molar-refractivity contribution in [3.8, 4) is 11.4 Å². The van der Waals surface area contributed by atoms with Gasteiger partial charge in [-0.15, -0.1) is 0 Å². The van der Waals surface area contributed by atoms with Crippen molar-refractivity contribution in [3.63, 3.8) is 0 Å². The van der Waals surface area contributed by atoms with Crippen LogP contribution in [0.4, 0.5) is 5.82 Å². The summed E-state index contributed by atoms with van der Waals surface area (Å²) in [7, 11) is 0. The number of amides is 1. The van der Waals surface area contributed by atoms with Crippen LogP contribution in [0.2, 0.25) is 0 Å². The molecule has 1 atom stereocenters. The lowest BCUT2D eigenvalue weighted by Gasteiger charge is -2.31. The van der Waals surface area contributed by atoms with Crippen LogP contribution in [0.3, 0.4) is 0 Å². The molecule has 2 aromatic rings. The van der Waals surface area contributed by atoms with Crippen molar-refractivity contribution in [1.29, 1.82) is 0 Å².